The molecular formula is C17H17ClN2. The van der Waals surface area contributed by atoms with Crippen LogP contribution in [0.15, 0.2) is 66.4 Å². The summed E-state index contributed by atoms with van der Waals surface area (Å²) in [7, 11) is 0. The average molecular weight is 285 g/mol. The van der Waals surface area contributed by atoms with Gasteiger partial charge >= 0.3 is 0 Å². The van der Waals surface area contributed by atoms with E-state index in [1.807, 2.05) is 42.6 Å². The monoisotopic (exact) mass is 284 g/mol. The van der Waals surface area contributed by atoms with Gasteiger partial charge in [0.25, 0.3) is 0 Å². The minimum Gasteiger partial charge on any atom is -0.338 e. The summed E-state index contributed by atoms with van der Waals surface area (Å²) in [5, 5.41) is 0.509. The van der Waals surface area contributed by atoms with E-state index in [1.165, 1.54) is 0 Å². The van der Waals surface area contributed by atoms with E-state index in [4.69, 9.17) is 11.6 Å². The van der Waals surface area contributed by atoms with Crippen molar-refractivity contribution >= 4 is 17.2 Å². The number of allylic oxidation sites excluding steroid dienone is 5. The van der Waals surface area contributed by atoms with Gasteiger partial charge in [-0.05, 0) is 18.1 Å². The molecule has 1 N–H and O–H groups in total. The van der Waals surface area contributed by atoms with Crippen LogP contribution in [0.3, 0.4) is 0 Å². The fourth-order valence-corrected chi connectivity index (χ4v) is 1.94. The first kappa shape index (κ1) is 14.4. The second-order valence-electron chi connectivity index (χ2n) is 4.36. The van der Waals surface area contributed by atoms with Crippen molar-refractivity contribution in [2.45, 2.75) is 13.3 Å². The summed E-state index contributed by atoms with van der Waals surface area (Å²) in [5.74, 6) is 0.862. The Morgan fingerprint density at radius 3 is 2.70 bits per heavy atom. The van der Waals surface area contributed by atoms with Crippen LogP contribution < -0.4 is 0 Å². The van der Waals surface area contributed by atoms with Crippen LogP contribution in [0.1, 0.15) is 19.0 Å². The van der Waals surface area contributed by atoms with Gasteiger partial charge in [0.05, 0.1) is 11.9 Å². The largest absolute Gasteiger partial charge is 0.338 e. The zero-order valence-corrected chi connectivity index (χ0v) is 12.2. The molecule has 0 aliphatic carbocycles. The van der Waals surface area contributed by atoms with Gasteiger partial charge in [0.2, 0.25) is 0 Å². The first-order chi connectivity index (χ1) is 9.70. The maximum absolute atomic E-state index is 5.78. The maximum Gasteiger partial charge on any atom is 0.137 e. The number of halogens is 1. The Labute approximate surface area is 124 Å². The van der Waals surface area contributed by atoms with Crippen molar-refractivity contribution < 1.29 is 0 Å². The predicted molar refractivity (Wildman–Crippen MR) is 86.4 cm³/mol. The van der Waals surface area contributed by atoms with Crippen molar-refractivity contribution in [3.8, 4) is 11.4 Å². The highest BCUT2D eigenvalue weighted by Crippen LogP contribution is 2.21. The van der Waals surface area contributed by atoms with Crippen molar-refractivity contribution in [3.63, 3.8) is 0 Å². The SMILES string of the molecule is C=C(Cl)/C=C\C(=C/CC)c1cnc(-c2ccccc2)[nH]1. The van der Waals surface area contributed by atoms with E-state index in [-0.39, 0.29) is 0 Å². The van der Waals surface area contributed by atoms with Crippen LogP contribution in [-0.4, -0.2) is 9.97 Å². The molecular weight excluding hydrogens is 268 g/mol. The Hall–Kier alpha value is -2.06. The highest BCUT2D eigenvalue weighted by molar-refractivity contribution is 6.30. The summed E-state index contributed by atoms with van der Waals surface area (Å²) in [6, 6.07) is 10.0. The summed E-state index contributed by atoms with van der Waals surface area (Å²) >= 11 is 5.78. The van der Waals surface area contributed by atoms with Gasteiger partial charge in [-0.1, -0.05) is 67.6 Å². The molecule has 3 heteroatoms. The summed E-state index contributed by atoms with van der Waals surface area (Å²) in [6.45, 7) is 5.75. The Morgan fingerprint density at radius 1 is 1.30 bits per heavy atom. The van der Waals surface area contributed by atoms with Gasteiger partial charge < -0.3 is 4.98 Å². The van der Waals surface area contributed by atoms with E-state index in [0.29, 0.717) is 5.03 Å². The fraction of sp³-hybridized carbons (Fsp3) is 0.118. The molecule has 0 atom stereocenters. The van der Waals surface area contributed by atoms with Crippen LogP contribution in [0, 0.1) is 0 Å². The molecule has 102 valence electrons. The standard InChI is InChI=1S/C17H17ClN2/c1-3-7-14(11-10-13(2)18)16-12-19-17(20-16)15-8-5-4-6-9-15/h4-12H,2-3H2,1H3,(H,19,20)/b11-10-,14-7+. The van der Waals surface area contributed by atoms with E-state index in [9.17, 15) is 0 Å². The number of benzene rings is 1. The first-order valence-electron chi connectivity index (χ1n) is 6.54. The Balaban J connectivity index is 2.30. The van der Waals surface area contributed by atoms with Crippen LogP contribution in [-0.2, 0) is 0 Å². The van der Waals surface area contributed by atoms with Crippen molar-refractivity contribution in [2.75, 3.05) is 0 Å². The van der Waals surface area contributed by atoms with E-state index in [1.54, 1.807) is 6.08 Å². The predicted octanol–water partition coefficient (Wildman–Crippen LogP) is 5.18. The topological polar surface area (TPSA) is 28.7 Å². The van der Waals surface area contributed by atoms with Gasteiger partial charge in [0.1, 0.15) is 5.82 Å². The highest BCUT2D eigenvalue weighted by Gasteiger charge is 2.05. The minimum absolute atomic E-state index is 0.509. The molecule has 0 fully saturated rings. The van der Waals surface area contributed by atoms with Gasteiger partial charge in [-0.15, -0.1) is 0 Å². The fourth-order valence-electron chi connectivity index (χ4n) is 1.88. The van der Waals surface area contributed by atoms with E-state index < -0.39 is 0 Å². The molecule has 2 nitrogen and oxygen atoms in total. The molecule has 0 spiro atoms. The molecule has 20 heavy (non-hydrogen) atoms. The van der Waals surface area contributed by atoms with Crippen LogP contribution in [0.2, 0.25) is 0 Å². The normalized spacial score (nSPS) is 12.0. The van der Waals surface area contributed by atoms with Crippen LogP contribution >= 0.6 is 11.6 Å². The Kier molecular flexibility index (Phi) is 4.97. The average Bonchev–Trinajstić information content (AvgIpc) is 2.94. The van der Waals surface area contributed by atoms with Crippen LogP contribution in [0.5, 0.6) is 0 Å². The number of aromatic amines is 1. The Morgan fingerprint density at radius 2 is 2.05 bits per heavy atom. The lowest BCUT2D eigenvalue weighted by molar-refractivity contribution is 1.22. The zero-order valence-electron chi connectivity index (χ0n) is 11.4. The van der Waals surface area contributed by atoms with Gasteiger partial charge in [0, 0.05) is 10.6 Å². The summed E-state index contributed by atoms with van der Waals surface area (Å²) in [6.07, 6.45) is 8.63. The summed E-state index contributed by atoms with van der Waals surface area (Å²) in [4.78, 5) is 7.77. The molecule has 0 unspecified atom stereocenters. The molecule has 0 radical (unpaired) electrons. The van der Waals surface area contributed by atoms with Crippen molar-refractivity contribution in [3.05, 3.63) is 72.1 Å². The number of imidazole rings is 1. The molecule has 0 saturated carbocycles. The summed E-state index contributed by atoms with van der Waals surface area (Å²) in [5.41, 5.74) is 3.10. The van der Waals surface area contributed by atoms with Crippen molar-refractivity contribution in [1.82, 2.24) is 9.97 Å². The van der Waals surface area contributed by atoms with Gasteiger partial charge in [-0.3, -0.25) is 0 Å². The molecule has 1 aromatic carbocycles. The van der Waals surface area contributed by atoms with E-state index >= 15 is 0 Å². The molecule has 0 amide bonds. The number of hydrogen-bond donors (Lipinski definition) is 1. The third-order valence-corrected chi connectivity index (χ3v) is 2.93. The third kappa shape index (κ3) is 3.72. The second kappa shape index (κ2) is 6.92. The lowest BCUT2D eigenvalue weighted by Crippen LogP contribution is -1.83. The Bertz CT molecular complexity index is 636. The number of nitrogens with zero attached hydrogens (tertiary/aromatic N) is 1. The molecule has 0 saturated heterocycles. The number of rotatable bonds is 5. The van der Waals surface area contributed by atoms with Crippen LogP contribution in [0.25, 0.3) is 17.0 Å². The molecule has 2 rings (SSSR count). The second-order valence-corrected chi connectivity index (χ2v) is 4.84. The zero-order chi connectivity index (χ0) is 14.4. The van der Waals surface area contributed by atoms with E-state index in [2.05, 4.69) is 29.5 Å². The molecule has 1 heterocycles. The number of aromatic nitrogens is 2. The van der Waals surface area contributed by atoms with Crippen molar-refractivity contribution in [2.24, 2.45) is 0 Å². The molecule has 0 aliphatic heterocycles. The number of nitrogens with one attached hydrogen (secondary N) is 1. The number of H-pyrrole nitrogens is 1. The first-order valence-corrected chi connectivity index (χ1v) is 6.92. The van der Waals surface area contributed by atoms with E-state index in [0.717, 1.165) is 29.1 Å². The lowest BCUT2D eigenvalue weighted by atomic mass is 10.1. The molecule has 1 aromatic heterocycles. The van der Waals surface area contributed by atoms with Gasteiger partial charge in [-0.2, -0.15) is 0 Å². The summed E-state index contributed by atoms with van der Waals surface area (Å²) < 4.78 is 0. The van der Waals surface area contributed by atoms with Gasteiger partial charge in [-0.25, -0.2) is 4.98 Å². The quantitative estimate of drug-likeness (QED) is 0.753. The lowest BCUT2D eigenvalue weighted by Gasteiger charge is -1.99. The third-order valence-electron chi connectivity index (χ3n) is 2.80. The smallest absolute Gasteiger partial charge is 0.137 e. The molecule has 0 bridgehead atoms. The minimum atomic E-state index is 0.509. The highest BCUT2D eigenvalue weighted by atomic mass is 35.5. The molecule has 0 aliphatic rings. The maximum atomic E-state index is 5.78. The number of hydrogen-bond acceptors (Lipinski definition) is 1. The van der Waals surface area contributed by atoms with Gasteiger partial charge in [0.15, 0.2) is 0 Å². The van der Waals surface area contributed by atoms with Crippen LogP contribution in [0.4, 0.5) is 0 Å². The molecule has 2 aromatic rings. The van der Waals surface area contributed by atoms with Crippen molar-refractivity contribution in [1.29, 1.82) is 0 Å².